The lowest BCUT2D eigenvalue weighted by molar-refractivity contribution is -0.116. The highest BCUT2D eigenvalue weighted by molar-refractivity contribution is 7.94. The molecule has 0 radical (unpaired) electrons. The smallest absolute Gasteiger partial charge is 0.242 e. The molecule has 1 aromatic heterocycles. The van der Waals surface area contributed by atoms with Crippen molar-refractivity contribution in [3.05, 3.63) is 47.9 Å². The van der Waals surface area contributed by atoms with Crippen LogP contribution in [-0.2, 0) is 24.8 Å². The molecule has 0 saturated carbocycles. The first kappa shape index (κ1) is 23.9. The van der Waals surface area contributed by atoms with Crippen molar-refractivity contribution in [2.75, 3.05) is 29.7 Å². The van der Waals surface area contributed by atoms with Gasteiger partial charge in [-0.2, -0.15) is 0 Å². The first-order valence-corrected chi connectivity index (χ1v) is 14.2. The highest BCUT2D eigenvalue weighted by Crippen LogP contribution is 2.30. The molecule has 9 nitrogen and oxygen atoms in total. The Labute approximate surface area is 194 Å². The van der Waals surface area contributed by atoms with E-state index in [0.717, 1.165) is 38.8 Å². The van der Waals surface area contributed by atoms with Crippen molar-refractivity contribution in [3.8, 4) is 0 Å². The second kappa shape index (κ2) is 9.57. The Hall–Kier alpha value is -2.21. The van der Waals surface area contributed by atoms with Crippen LogP contribution in [0.15, 0.2) is 45.9 Å². The third kappa shape index (κ3) is 5.16. The van der Waals surface area contributed by atoms with Gasteiger partial charge in [-0.3, -0.25) is 9.69 Å². The first-order chi connectivity index (χ1) is 15.7. The molecule has 0 bridgehead atoms. The second-order valence-electron chi connectivity index (χ2n) is 8.51. The minimum absolute atomic E-state index is 0.0403. The zero-order chi connectivity index (χ0) is 23.6. The number of benzene rings is 1. The van der Waals surface area contributed by atoms with Crippen LogP contribution in [-0.4, -0.2) is 53.0 Å². The molecule has 2 aliphatic heterocycles. The Morgan fingerprint density at radius 1 is 1.12 bits per heavy atom. The lowest BCUT2D eigenvalue weighted by atomic mass is 10.2. The van der Waals surface area contributed by atoms with E-state index in [0.29, 0.717) is 15.6 Å². The predicted molar refractivity (Wildman–Crippen MR) is 124 cm³/mol. The van der Waals surface area contributed by atoms with Gasteiger partial charge in [0.25, 0.3) is 0 Å². The summed E-state index contributed by atoms with van der Waals surface area (Å²) in [6, 6.07) is 7.61. The molecule has 11 heteroatoms. The molecule has 3 heterocycles. The SMILES string of the molecule is Cc1ccc(N2C(=O)CCS2(=O)=O)cc1S(=O)(=O)NC[C@H](c1ccco1)N1CCCCCC1. The van der Waals surface area contributed by atoms with Crippen molar-refractivity contribution in [3.63, 3.8) is 0 Å². The summed E-state index contributed by atoms with van der Waals surface area (Å²) in [6.07, 6.45) is 5.86. The van der Waals surface area contributed by atoms with Gasteiger partial charge < -0.3 is 4.42 Å². The molecule has 180 valence electrons. The molecular formula is C22H29N3O6S2. The van der Waals surface area contributed by atoms with E-state index in [-0.39, 0.29) is 35.3 Å². The molecule has 1 aromatic carbocycles. The van der Waals surface area contributed by atoms with Crippen LogP contribution in [0.2, 0.25) is 0 Å². The number of aryl methyl sites for hydroxylation is 1. The summed E-state index contributed by atoms with van der Waals surface area (Å²) >= 11 is 0. The van der Waals surface area contributed by atoms with E-state index < -0.39 is 26.0 Å². The first-order valence-electron chi connectivity index (χ1n) is 11.1. The Kier molecular flexibility index (Phi) is 6.94. The Morgan fingerprint density at radius 2 is 1.85 bits per heavy atom. The van der Waals surface area contributed by atoms with Gasteiger partial charge in [0.1, 0.15) is 5.76 Å². The van der Waals surface area contributed by atoms with Gasteiger partial charge in [-0.25, -0.2) is 25.9 Å². The van der Waals surface area contributed by atoms with Crippen molar-refractivity contribution in [2.45, 2.75) is 50.0 Å². The summed E-state index contributed by atoms with van der Waals surface area (Å²) in [7, 11) is -7.77. The van der Waals surface area contributed by atoms with Crippen molar-refractivity contribution in [1.29, 1.82) is 0 Å². The molecule has 0 unspecified atom stereocenters. The van der Waals surface area contributed by atoms with Crippen LogP contribution in [0, 0.1) is 6.92 Å². The van der Waals surface area contributed by atoms with Gasteiger partial charge >= 0.3 is 0 Å². The van der Waals surface area contributed by atoms with Crippen LogP contribution in [0.3, 0.4) is 0 Å². The Balaban J connectivity index is 1.59. The van der Waals surface area contributed by atoms with Gasteiger partial charge in [0, 0.05) is 13.0 Å². The maximum absolute atomic E-state index is 13.3. The minimum atomic E-state index is -3.98. The normalized spacial score (nSPS) is 20.6. The summed E-state index contributed by atoms with van der Waals surface area (Å²) in [5.74, 6) is -0.145. The monoisotopic (exact) mass is 495 g/mol. The van der Waals surface area contributed by atoms with Crippen molar-refractivity contribution >= 4 is 31.6 Å². The number of sulfonamides is 2. The van der Waals surface area contributed by atoms with Crippen LogP contribution in [0.4, 0.5) is 5.69 Å². The van der Waals surface area contributed by atoms with Gasteiger partial charge in [0.05, 0.1) is 28.6 Å². The lowest BCUT2D eigenvalue weighted by Crippen LogP contribution is -2.38. The fraction of sp³-hybridized carbons (Fsp3) is 0.500. The molecular weight excluding hydrogens is 466 g/mol. The molecule has 2 saturated heterocycles. The van der Waals surface area contributed by atoms with Gasteiger partial charge in [0.2, 0.25) is 26.0 Å². The molecule has 2 aromatic rings. The summed E-state index contributed by atoms with van der Waals surface area (Å²) in [5.41, 5.74) is 0.498. The number of anilines is 1. The number of hydrogen-bond acceptors (Lipinski definition) is 7. The highest BCUT2D eigenvalue weighted by atomic mass is 32.2. The zero-order valence-corrected chi connectivity index (χ0v) is 20.2. The van der Waals surface area contributed by atoms with E-state index in [1.807, 2.05) is 6.07 Å². The molecule has 1 atom stereocenters. The number of nitrogens with zero attached hydrogens (tertiary/aromatic N) is 2. The molecule has 2 aliphatic rings. The Bertz CT molecular complexity index is 1200. The van der Waals surface area contributed by atoms with E-state index in [1.165, 1.54) is 18.2 Å². The van der Waals surface area contributed by atoms with Crippen LogP contribution >= 0.6 is 0 Å². The number of nitrogens with one attached hydrogen (secondary N) is 1. The van der Waals surface area contributed by atoms with E-state index in [2.05, 4.69) is 9.62 Å². The average Bonchev–Trinajstić information content (AvgIpc) is 3.28. The van der Waals surface area contributed by atoms with Gasteiger partial charge in [-0.05, 0) is 62.7 Å². The third-order valence-corrected chi connectivity index (χ3v) is 9.45. The highest BCUT2D eigenvalue weighted by Gasteiger charge is 2.37. The molecule has 1 amide bonds. The summed E-state index contributed by atoms with van der Waals surface area (Å²) in [6.45, 7) is 3.46. The minimum Gasteiger partial charge on any atom is -0.468 e. The number of amides is 1. The fourth-order valence-electron chi connectivity index (χ4n) is 4.44. The van der Waals surface area contributed by atoms with E-state index in [1.54, 1.807) is 19.3 Å². The van der Waals surface area contributed by atoms with E-state index in [9.17, 15) is 21.6 Å². The third-order valence-electron chi connectivity index (χ3n) is 6.19. The molecule has 1 N–H and O–H groups in total. The van der Waals surface area contributed by atoms with Gasteiger partial charge in [0.15, 0.2) is 0 Å². The topological polar surface area (TPSA) is 117 Å². The quantitative estimate of drug-likeness (QED) is 0.627. The number of likely N-dealkylation sites (tertiary alicyclic amines) is 1. The molecule has 2 fully saturated rings. The lowest BCUT2D eigenvalue weighted by Gasteiger charge is -2.29. The van der Waals surface area contributed by atoms with E-state index >= 15 is 0 Å². The zero-order valence-electron chi connectivity index (χ0n) is 18.6. The van der Waals surface area contributed by atoms with Crippen molar-refractivity contribution in [1.82, 2.24) is 9.62 Å². The Morgan fingerprint density at radius 3 is 2.45 bits per heavy atom. The van der Waals surface area contributed by atoms with Crippen molar-refractivity contribution < 1.29 is 26.0 Å². The number of furan rings is 1. The number of carbonyl (C=O) groups excluding carboxylic acids is 1. The van der Waals surface area contributed by atoms with Gasteiger partial charge in [-0.1, -0.05) is 18.9 Å². The second-order valence-corrected chi connectivity index (χ2v) is 12.2. The molecule has 0 aliphatic carbocycles. The van der Waals surface area contributed by atoms with Crippen LogP contribution in [0.25, 0.3) is 0 Å². The largest absolute Gasteiger partial charge is 0.468 e. The molecule has 33 heavy (non-hydrogen) atoms. The summed E-state index contributed by atoms with van der Waals surface area (Å²) < 4.78 is 60.1. The predicted octanol–water partition coefficient (Wildman–Crippen LogP) is 2.55. The molecule has 0 spiro atoms. The fourth-order valence-corrected chi connectivity index (χ4v) is 7.19. The molecule has 4 rings (SSSR count). The maximum Gasteiger partial charge on any atom is 0.242 e. The summed E-state index contributed by atoms with van der Waals surface area (Å²) in [5, 5.41) is 0. The number of rotatable bonds is 7. The van der Waals surface area contributed by atoms with E-state index in [4.69, 9.17) is 4.42 Å². The summed E-state index contributed by atoms with van der Waals surface area (Å²) in [4.78, 5) is 14.3. The van der Waals surface area contributed by atoms with Crippen LogP contribution in [0.5, 0.6) is 0 Å². The van der Waals surface area contributed by atoms with Crippen LogP contribution < -0.4 is 9.03 Å². The van der Waals surface area contributed by atoms with Gasteiger partial charge in [-0.15, -0.1) is 0 Å². The average molecular weight is 496 g/mol. The number of hydrogen-bond donors (Lipinski definition) is 1. The van der Waals surface area contributed by atoms with Crippen molar-refractivity contribution in [2.24, 2.45) is 0 Å². The standard InChI is InChI=1S/C22H29N3O6S2/c1-17-8-9-18(25-22(26)10-14-32(25,27)28)15-21(17)33(29,30)23-16-19(20-7-6-13-31-20)24-11-4-2-3-5-12-24/h6-9,13,15,19,23H,2-5,10-12,14,16H2,1H3/t19-/m1/s1. The van der Waals surface area contributed by atoms with Crippen LogP contribution in [0.1, 0.15) is 49.5 Å². The number of carbonyl (C=O) groups is 1. The maximum atomic E-state index is 13.3.